The van der Waals surface area contributed by atoms with Crippen LogP contribution in [0.5, 0.6) is 0 Å². The molecule has 0 fully saturated rings. The Morgan fingerprint density at radius 3 is 2.57 bits per heavy atom. The van der Waals surface area contributed by atoms with Crippen LogP contribution in [0.4, 0.5) is 18.0 Å². The highest BCUT2D eigenvalue weighted by Gasteiger charge is 2.44. The number of aromatic amines is 1. The van der Waals surface area contributed by atoms with Gasteiger partial charge >= 0.3 is 18.0 Å². The number of rotatable bonds is 2. The van der Waals surface area contributed by atoms with Crippen LogP contribution in [0, 0.1) is 6.92 Å². The minimum absolute atomic E-state index is 0.0193. The molecule has 1 aromatic carbocycles. The molecule has 160 valence electrons. The number of alkyl halides is 3. The first-order chi connectivity index (χ1) is 14.0. The minimum atomic E-state index is -4.90. The Balaban J connectivity index is 1.89. The Morgan fingerprint density at radius 2 is 1.97 bits per heavy atom. The van der Waals surface area contributed by atoms with Crippen LogP contribution in [-0.4, -0.2) is 27.5 Å². The number of amides is 1. The molecule has 0 spiro atoms. The van der Waals surface area contributed by atoms with Gasteiger partial charge in [-0.3, -0.25) is 4.90 Å². The number of benzene rings is 1. The summed E-state index contributed by atoms with van der Waals surface area (Å²) in [7, 11) is 0. The van der Waals surface area contributed by atoms with E-state index in [0.717, 1.165) is 16.0 Å². The van der Waals surface area contributed by atoms with E-state index in [9.17, 15) is 22.8 Å². The number of ether oxygens (including phenoxy) is 1. The highest BCUT2D eigenvalue weighted by molar-refractivity contribution is 5.71. The topological polar surface area (TPSA) is 101 Å². The molecule has 30 heavy (non-hydrogen) atoms. The molecule has 0 bridgehead atoms. The van der Waals surface area contributed by atoms with Gasteiger partial charge in [-0.15, -0.1) is 0 Å². The summed E-state index contributed by atoms with van der Waals surface area (Å²) in [6.45, 7) is 5.05. The average molecular weight is 422 g/mol. The quantitative estimate of drug-likeness (QED) is 0.719. The van der Waals surface area contributed by atoms with Crippen molar-refractivity contribution in [3.05, 3.63) is 68.6 Å². The number of aromatic nitrogens is 2. The van der Waals surface area contributed by atoms with Crippen LogP contribution in [0.2, 0.25) is 0 Å². The van der Waals surface area contributed by atoms with Gasteiger partial charge < -0.3 is 15.5 Å². The van der Waals surface area contributed by atoms with Crippen molar-refractivity contribution in [1.29, 1.82) is 0 Å². The molecule has 3 N–H and O–H groups in total. The van der Waals surface area contributed by atoms with Gasteiger partial charge in [-0.2, -0.15) is 18.2 Å². The molecule has 1 aromatic heterocycles. The number of carbonyl (C=O) groups excluding carboxylic acids is 1. The first-order valence-corrected chi connectivity index (χ1v) is 9.17. The van der Waals surface area contributed by atoms with Crippen molar-refractivity contribution in [2.45, 2.75) is 39.0 Å². The Labute approximate surface area is 170 Å². The fraction of sp³-hybridized carbons (Fsp3) is 0.350. The van der Waals surface area contributed by atoms with Gasteiger partial charge in [0, 0.05) is 23.7 Å². The van der Waals surface area contributed by atoms with Crippen molar-refractivity contribution < 1.29 is 22.7 Å². The molecule has 2 unspecified atom stereocenters. The van der Waals surface area contributed by atoms with Gasteiger partial charge in [0.25, 0.3) is 0 Å². The molecule has 0 saturated heterocycles. The predicted molar refractivity (Wildman–Crippen MR) is 103 cm³/mol. The molecule has 1 amide bonds. The van der Waals surface area contributed by atoms with Gasteiger partial charge in [0.05, 0.1) is 0 Å². The lowest BCUT2D eigenvalue weighted by atomic mass is 9.93. The largest absolute Gasteiger partial charge is 0.434 e. The van der Waals surface area contributed by atoms with E-state index in [1.807, 2.05) is 31.2 Å². The average Bonchev–Trinajstić information content (AvgIpc) is 2.65. The molecule has 10 heteroatoms. The second kappa shape index (κ2) is 7.94. The third-order valence-corrected chi connectivity index (χ3v) is 4.79. The second-order valence-corrected chi connectivity index (χ2v) is 7.25. The standard InChI is InChI=1S/C20H21F3N4O3/c1-10-4-6-13(7-5-10)8-12(3)30-19(29)27-9-11(2)15-14(17(27)24)16(20(21,22)23)26-18(28)25-15/h4-8,11,17H,9,24H2,1-3H3,(H,25,26,28)/b12-8+. The molecule has 0 aliphatic carbocycles. The Kier molecular flexibility index (Phi) is 5.71. The van der Waals surface area contributed by atoms with E-state index in [-0.39, 0.29) is 18.0 Å². The maximum Gasteiger partial charge on any atom is 0.434 e. The lowest BCUT2D eigenvalue weighted by Gasteiger charge is -2.37. The lowest BCUT2D eigenvalue weighted by Crippen LogP contribution is -2.47. The molecular formula is C20H21F3N4O3. The van der Waals surface area contributed by atoms with E-state index in [1.54, 1.807) is 19.9 Å². The van der Waals surface area contributed by atoms with Crippen LogP contribution in [-0.2, 0) is 10.9 Å². The molecule has 7 nitrogen and oxygen atoms in total. The number of halogens is 3. The van der Waals surface area contributed by atoms with E-state index in [0.29, 0.717) is 0 Å². The summed E-state index contributed by atoms with van der Waals surface area (Å²) in [4.78, 5) is 30.6. The number of nitrogens with zero attached hydrogens (tertiary/aromatic N) is 2. The Morgan fingerprint density at radius 1 is 1.33 bits per heavy atom. The number of carbonyl (C=O) groups is 1. The molecule has 2 heterocycles. The van der Waals surface area contributed by atoms with Gasteiger partial charge in [0.2, 0.25) is 0 Å². The summed E-state index contributed by atoms with van der Waals surface area (Å²) < 4.78 is 45.7. The van der Waals surface area contributed by atoms with Crippen LogP contribution in [0.3, 0.4) is 0 Å². The number of allylic oxidation sites excluding steroid dienone is 1. The fourth-order valence-corrected chi connectivity index (χ4v) is 3.37. The zero-order valence-corrected chi connectivity index (χ0v) is 16.6. The van der Waals surface area contributed by atoms with Crippen molar-refractivity contribution in [2.24, 2.45) is 5.73 Å². The van der Waals surface area contributed by atoms with Crippen molar-refractivity contribution in [1.82, 2.24) is 14.9 Å². The maximum atomic E-state index is 13.5. The van der Waals surface area contributed by atoms with Gasteiger partial charge in [0.15, 0.2) is 5.69 Å². The van der Waals surface area contributed by atoms with E-state index < -0.39 is 41.3 Å². The molecular weight excluding hydrogens is 401 g/mol. The fourth-order valence-electron chi connectivity index (χ4n) is 3.37. The molecule has 2 aromatic rings. The highest BCUT2D eigenvalue weighted by atomic mass is 19.4. The number of aryl methyl sites for hydroxylation is 1. The summed E-state index contributed by atoms with van der Waals surface area (Å²) in [5.41, 5.74) is 4.93. The van der Waals surface area contributed by atoms with Gasteiger partial charge in [0.1, 0.15) is 11.9 Å². The monoisotopic (exact) mass is 422 g/mol. The van der Waals surface area contributed by atoms with E-state index in [1.165, 1.54) is 0 Å². The van der Waals surface area contributed by atoms with E-state index in [2.05, 4.69) is 9.97 Å². The molecule has 1 aliphatic rings. The summed E-state index contributed by atoms with van der Waals surface area (Å²) in [5.74, 6) is -0.351. The van der Waals surface area contributed by atoms with Gasteiger partial charge in [-0.1, -0.05) is 36.8 Å². The molecule has 2 atom stereocenters. The first-order valence-electron chi connectivity index (χ1n) is 9.17. The van der Waals surface area contributed by atoms with Crippen LogP contribution < -0.4 is 11.4 Å². The smallest absolute Gasteiger partial charge is 0.415 e. The van der Waals surface area contributed by atoms with Crippen LogP contribution in [0.15, 0.2) is 34.8 Å². The molecule has 1 aliphatic heterocycles. The van der Waals surface area contributed by atoms with Gasteiger partial charge in [-0.05, 0) is 25.5 Å². The summed E-state index contributed by atoms with van der Waals surface area (Å²) >= 11 is 0. The zero-order chi connectivity index (χ0) is 22.2. The van der Waals surface area contributed by atoms with E-state index in [4.69, 9.17) is 10.5 Å². The van der Waals surface area contributed by atoms with Crippen LogP contribution >= 0.6 is 0 Å². The number of hydrogen-bond acceptors (Lipinski definition) is 5. The maximum absolute atomic E-state index is 13.5. The molecule has 3 rings (SSSR count). The normalized spacial score (nSPS) is 19.4. The van der Waals surface area contributed by atoms with Crippen molar-refractivity contribution in [3.8, 4) is 0 Å². The third kappa shape index (κ3) is 4.38. The summed E-state index contributed by atoms with van der Waals surface area (Å²) in [5, 5.41) is 0. The van der Waals surface area contributed by atoms with Crippen molar-refractivity contribution in [2.75, 3.05) is 6.54 Å². The second-order valence-electron chi connectivity index (χ2n) is 7.25. The zero-order valence-electron chi connectivity index (χ0n) is 16.6. The Hall–Kier alpha value is -3.14. The van der Waals surface area contributed by atoms with Crippen LogP contribution in [0.25, 0.3) is 6.08 Å². The summed E-state index contributed by atoms with van der Waals surface area (Å²) in [6.07, 6.45) is -5.63. The van der Waals surface area contributed by atoms with Crippen LogP contribution in [0.1, 0.15) is 54.0 Å². The lowest BCUT2D eigenvalue weighted by molar-refractivity contribution is -0.143. The number of H-pyrrole nitrogens is 1. The predicted octanol–water partition coefficient (Wildman–Crippen LogP) is 3.67. The van der Waals surface area contributed by atoms with Crippen molar-refractivity contribution >= 4 is 12.2 Å². The van der Waals surface area contributed by atoms with E-state index >= 15 is 0 Å². The minimum Gasteiger partial charge on any atom is -0.415 e. The first kappa shape index (κ1) is 21.6. The third-order valence-electron chi connectivity index (χ3n) is 4.79. The highest BCUT2D eigenvalue weighted by Crippen LogP contribution is 2.39. The number of nitrogens with two attached hydrogens (primary N) is 1. The number of nitrogens with one attached hydrogen (secondary N) is 1. The summed E-state index contributed by atoms with van der Waals surface area (Å²) in [6, 6.07) is 7.48. The SMILES string of the molecule is C/C(=C\c1ccc(C)cc1)OC(=O)N1CC(C)c2[nH]c(=O)nc(C(F)(F)F)c2C1N. The van der Waals surface area contributed by atoms with Crippen molar-refractivity contribution in [3.63, 3.8) is 0 Å². The molecule has 0 saturated carbocycles. The number of hydrogen-bond donors (Lipinski definition) is 2. The molecule has 0 radical (unpaired) electrons. The number of fused-ring (bicyclic) bond motifs is 1. The Bertz CT molecular complexity index is 1040. The van der Waals surface area contributed by atoms with Gasteiger partial charge in [-0.25, -0.2) is 9.59 Å².